The van der Waals surface area contributed by atoms with Crippen LogP contribution in [0, 0.1) is 5.82 Å². The maximum absolute atomic E-state index is 13.9. The average molecular weight is 580 g/mol. The minimum atomic E-state index is -0.923. The Hall–Kier alpha value is -3.90. The number of rotatable bonds is 12. The van der Waals surface area contributed by atoms with Crippen LogP contribution in [-0.4, -0.2) is 94.4 Å². The van der Waals surface area contributed by atoms with E-state index in [9.17, 15) is 14.0 Å². The lowest BCUT2D eigenvalue weighted by atomic mass is 10.0. The lowest BCUT2D eigenvalue weighted by molar-refractivity contribution is -0.142. The van der Waals surface area contributed by atoms with E-state index in [-0.39, 0.29) is 24.4 Å². The van der Waals surface area contributed by atoms with Crippen molar-refractivity contribution in [1.29, 1.82) is 0 Å². The van der Waals surface area contributed by atoms with Gasteiger partial charge < -0.3 is 19.7 Å². The summed E-state index contributed by atoms with van der Waals surface area (Å²) in [6.45, 7) is 3.91. The van der Waals surface area contributed by atoms with Gasteiger partial charge in [-0.15, -0.1) is 10.2 Å². The van der Waals surface area contributed by atoms with Gasteiger partial charge in [0.15, 0.2) is 0 Å². The standard InChI is InChI=1S/C30H38FN7O4/c1-41-26-13-9-23(10-14-26)29-33-35-38(34-29)21-27(39)37(16-4-15-36-17-19-42-20-18-36)28(22-7-11-24(31)12-8-22)30(40)32-25-5-2-3-6-25/h7-14,25,28H,2-6,15-21H2,1H3,(H,32,40). The van der Waals surface area contributed by atoms with E-state index >= 15 is 0 Å². The fourth-order valence-corrected chi connectivity index (χ4v) is 5.53. The van der Waals surface area contributed by atoms with E-state index in [0.29, 0.717) is 43.3 Å². The fraction of sp³-hybridized carbons (Fsp3) is 0.500. The van der Waals surface area contributed by atoms with Gasteiger partial charge in [-0.25, -0.2) is 4.39 Å². The molecule has 1 saturated carbocycles. The molecule has 1 aliphatic carbocycles. The zero-order chi connectivity index (χ0) is 29.3. The molecule has 1 aromatic heterocycles. The van der Waals surface area contributed by atoms with Gasteiger partial charge >= 0.3 is 0 Å². The quantitative estimate of drug-likeness (QED) is 0.349. The third kappa shape index (κ3) is 7.68. The molecule has 1 saturated heterocycles. The number of aromatic nitrogens is 4. The number of hydrogen-bond donors (Lipinski definition) is 1. The molecule has 0 spiro atoms. The Morgan fingerprint density at radius 2 is 1.81 bits per heavy atom. The summed E-state index contributed by atoms with van der Waals surface area (Å²) in [5.74, 6) is 0.0807. The van der Waals surface area contributed by atoms with Crippen LogP contribution < -0.4 is 10.1 Å². The van der Waals surface area contributed by atoms with Crippen LogP contribution in [0.2, 0.25) is 0 Å². The predicted octanol–water partition coefficient (Wildman–Crippen LogP) is 2.84. The first-order chi connectivity index (χ1) is 20.5. The molecule has 1 N–H and O–H groups in total. The molecule has 0 bridgehead atoms. The molecule has 0 radical (unpaired) electrons. The molecule has 5 rings (SSSR count). The molecule has 2 amide bonds. The number of hydrogen-bond acceptors (Lipinski definition) is 8. The average Bonchev–Trinajstić information content (AvgIpc) is 3.70. The van der Waals surface area contributed by atoms with Crippen molar-refractivity contribution in [3.8, 4) is 17.1 Å². The Morgan fingerprint density at radius 3 is 2.50 bits per heavy atom. The maximum atomic E-state index is 13.9. The summed E-state index contributed by atoms with van der Waals surface area (Å²) in [5.41, 5.74) is 1.29. The first kappa shape index (κ1) is 29.6. The molecule has 2 fully saturated rings. The number of carbonyl (C=O) groups is 2. The predicted molar refractivity (Wildman–Crippen MR) is 153 cm³/mol. The van der Waals surface area contributed by atoms with Crippen LogP contribution in [0.1, 0.15) is 43.7 Å². The number of benzene rings is 2. The molecule has 12 heteroatoms. The molecule has 11 nitrogen and oxygen atoms in total. The molecule has 2 aliphatic rings. The van der Waals surface area contributed by atoms with Crippen molar-refractivity contribution in [2.45, 2.75) is 50.7 Å². The normalized spacial score (nSPS) is 16.7. The van der Waals surface area contributed by atoms with Crippen LogP contribution in [-0.2, 0) is 20.9 Å². The molecular formula is C30H38FN7O4. The smallest absolute Gasteiger partial charge is 0.247 e. The van der Waals surface area contributed by atoms with Crippen molar-refractivity contribution < 1.29 is 23.5 Å². The second kappa shape index (κ2) is 14.3. The summed E-state index contributed by atoms with van der Waals surface area (Å²) in [7, 11) is 1.59. The van der Waals surface area contributed by atoms with Crippen LogP contribution >= 0.6 is 0 Å². The Balaban J connectivity index is 1.37. The van der Waals surface area contributed by atoms with Gasteiger partial charge in [0.05, 0.1) is 20.3 Å². The number of tetrazole rings is 1. The summed E-state index contributed by atoms with van der Waals surface area (Å²) >= 11 is 0. The molecule has 224 valence electrons. The first-order valence-electron chi connectivity index (χ1n) is 14.6. The molecule has 3 aromatic rings. The molecular weight excluding hydrogens is 541 g/mol. The van der Waals surface area contributed by atoms with E-state index in [2.05, 4.69) is 25.6 Å². The van der Waals surface area contributed by atoms with Crippen molar-refractivity contribution in [3.05, 3.63) is 59.9 Å². The largest absolute Gasteiger partial charge is 0.497 e. The molecule has 1 aliphatic heterocycles. The minimum Gasteiger partial charge on any atom is -0.497 e. The third-order valence-corrected chi connectivity index (χ3v) is 7.82. The van der Waals surface area contributed by atoms with Crippen LogP contribution in [0.15, 0.2) is 48.5 Å². The summed E-state index contributed by atoms with van der Waals surface area (Å²) < 4.78 is 24.6. The highest BCUT2D eigenvalue weighted by molar-refractivity contribution is 5.89. The van der Waals surface area contributed by atoms with Gasteiger partial charge in [-0.05, 0) is 66.4 Å². The molecule has 1 atom stereocenters. The van der Waals surface area contributed by atoms with Crippen LogP contribution in [0.25, 0.3) is 11.4 Å². The molecule has 1 unspecified atom stereocenters. The summed E-state index contributed by atoms with van der Waals surface area (Å²) in [6.07, 6.45) is 4.58. The number of ether oxygens (including phenoxy) is 2. The van der Waals surface area contributed by atoms with E-state index in [1.807, 2.05) is 12.1 Å². The van der Waals surface area contributed by atoms with E-state index < -0.39 is 11.9 Å². The molecule has 42 heavy (non-hydrogen) atoms. The Labute approximate surface area is 245 Å². The topological polar surface area (TPSA) is 115 Å². The number of nitrogens with one attached hydrogen (secondary N) is 1. The van der Waals surface area contributed by atoms with Gasteiger partial charge in [0.25, 0.3) is 0 Å². The fourth-order valence-electron chi connectivity index (χ4n) is 5.53. The first-order valence-corrected chi connectivity index (χ1v) is 14.6. The van der Waals surface area contributed by atoms with E-state index in [4.69, 9.17) is 9.47 Å². The van der Waals surface area contributed by atoms with Crippen molar-refractivity contribution in [3.63, 3.8) is 0 Å². The monoisotopic (exact) mass is 579 g/mol. The van der Waals surface area contributed by atoms with E-state index in [1.54, 1.807) is 36.3 Å². The second-order valence-electron chi connectivity index (χ2n) is 10.7. The van der Waals surface area contributed by atoms with Crippen LogP contribution in [0.5, 0.6) is 5.75 Å². The summed E-state index contributed by atoms with van der Waals surface area (Å²) in [4.78, 5) is 32.9. The van der Waals surface area contributed by atoms with Gasteiger partial charge in [0.2, 0.25) is 17.6 Å². The molecule has 2 heterocycles. The van der Waals surface area contributed by atoms with Crippen molar-refractivity contribution >= 4 is 11.8 Å². The van der Waals surface area contributed by atoms with Crippen LogP contribution in [0.3, 0.4) is 0 Å². The number of halogens is 1. The van der Waals surface area contributed by atoms with Gasteiger partial charge in [-0.1, -0.05) is 25.0 Å². The zero-order valence-corrected chi connectivity index (χ0v) is 24.0. The minimum absolute atomic E-state index is 0.0646. The van der Waals surface area contributed by atoms with Crippen molar-refractivity contribution in [2.24, 2.45) is 0 Å². The third-order valence-electron chi connectivity index (χ3n) is 7.82. The summed E-state index contributed by atoms with van der Waals surface area (Å²) in [6, 6.07) is 12.2. The highest BCUT2D eigenvalue weighted by Crippen LogP contribution is 2.26. The number of morpholine rings is 1. The number of carbonyl (C=O) groups excluding carboxylic acids is 2. The van der Waals surface area contributed by atoms with Crippen molar-refractivity contribution in [1.82, 2.24) is 35.3 Å². The second-order valence-corrected chi connectivity index (χ2v) is 10.7. The molecule has 2 aromatic carbocycles. The van der Waals surface area contributed by atoms with E-state index in [1.165, 1.54) is 16.9 Å². The Bertz CT molecular complexity index is 1310. The number of methoxy groups -OCH3 is 1. The van der Waals surface area contributed by atoms with Crippen LogP contribution in [0.4, 0.5) is 4.39 Å². The van der Waals surface area contributed by atoms with Gasteiger partial charge in [0, 0.05) is 37.8 Å². The lowest BCUT2D eigenvalue weighted by Crippen LogP contribution is -2.48. The highest BCUT2D eigenvalue weighted by Gasteiger charge is 2.33. The summed E-state index contributed by atoms with van der Waals surface area (Å²) in [5, 5.41) is 15.8. The van der Waals surface area contributed by atoms with Gasteiger partial charge in [0.1, 0.15) is 24.2 Å². The van der Waals surface area contributed by atoms with Gasteiger partial charge in [-0.3, -0.25) is 14.5 Å². The highest BCUT2D eigenvalue weighted by atomic mass is 19.1. The SMILES string of the molecule is COc1ccc(-c2nnn(CC(=O)N(CCCN3CCOCC3)C(C(=O)NC3CCCC3)c3ccc(F)cc3)n2)cc1. The lowest BCUT2D eigenvalue weighted by Gasteiger charge is -2.33. The Kier molecular flexibility index (Phi) is 10.1. The van der Waals surface area contributed by atoms with Gasteiger partial charge in [-0.2, -0.15) is 4.80 Å². The number of nitrogens with zero attached hydrogens (tertiary/aromatic N) is 6. The zero-order valence-electron chi connectivity index (χ0n) is 24.0. The van der Waals surface area contributed by atoms with E-state index in [0.717, 1.165) is 50.9 Å². The Morgan fingerprint density at radius 1 is 1.10 bits per heavy atom. The van der Waals surface area contributed by atoms with Crippen molar-refractivity contribution in [2.75, 3.05) is 46.5 Å². The number of amides is 2. The maximum Gasteiger partial charge on any atom is 0.247 e.